The summed E-state index contributed by atoms with van der Waals surface area (Å²) in [7, 11) is 4.11. The molecule has 0 aromatic carbocycles. The van der Waals surface area contributed by atoms with Crippen molar-refractivity contribution in [2.45, 2.75) is 25.2 Å². The molecule has 1 N–H and O–H groups in total. The molecule has 1 atom stereocenters. The predicted molar refractivity (Wildman–Crippen MR) is 86.2 cm³/mol. The maximum atomic E-state index is 4.93. The van der Waals surface area contributed by atoms with Crippen LogP contribution < -0.4 is 10.2 Å². The number of aromatic nitrogens is 2. The Bertz CT molecular complexity index is 585. The van der Waals surface area contributed by atoms with E-state index >= 15 is 0 Å². The van der Waals surface area contributed by atoms with Gasteiger partial charge in [0.25, 0.3) is 0 Å². The van der Waals surface area contributed by atoms with Gasteiger partial charge in [0.15, 0.2) is 5.82 Å². The molecule has 0 amide bonds. The maximum Gasteiger partial charge on any atom is 0.152 e. The Morgan fingerprint density at radius 2 is 2.20 bits per heavy atom. The minimum absolute atomic E-state index is 0. The molecule has 2 aromatic heterocycles. The molecule has 2 aromatic rings. The fourth-order valence-corrected chi connectivity index (χ4v) is 2.92. The van der Waals surface area contributed by atoms with E-state index in [4.69, 9.17) is 4.98 Å². The molecule has 20 heavy (non-hydrogen) atoms. The summed E-state index contributed by atoms with van der Waals surface area (Å²) in [6, 6.07) is 4.20. The van der Waals surface area contributed by atoms with Crippen molar-refractivity contribution in [1.29, 1.82) is 0 Å². The van der Waals surface area contributed by atoms with E-state index in [1.807, 2.05) is 0 Å². The Kier molecular flexibility index (Phi) is 4.25. The molecule has 1 fully saturated rings. The number of fused-ring (bicyclic) bond motifs is 1. The van der Waals surface area contributed by atoms with Crippen molar-refractivity contribution in [2.24, 2.45) is 0 Å². The van der Waals surface area contributed by atoms with E-state index in [0.717, 1.165) is 18.9 Å². The van der Waals surface area contributed by atoms with E-state index in [9.17, 15) is 0 Å². The average Bonchev–Trinajstić information content (AvgIpc) is 2.86. The lowest BCUT2D eigenvalue weighted by Gasteiger charge is -2.34. The summed E-state index contributed by atoms with van der Waals surface area (Å²) in [6.07, 6.45) is 6.72. The fraction of sp³-hybridized carbons (Fsp3) is 0.533. The van der Waals surface area contributed by atoms with Crippen molar-refractivity contribution >= 4 is 23.7 Å². The Labute approximate surface area is 126 Å². The van der Waals surface area contributed by atoms with Crippen LogP contribution in [0, 0.1) is 0 Å². The zero-order chi connectivity index (χ0) is 13.5. The molecule has 1 aliphatic heterocycles. The van der Waals surface area contributed by atoms with Crippen molar-refractivity contribution < 1.29 is 0 Å². The van der Waals surface area contributed by atoms with E-state index in [0.29, 0.717) is 0 Å². The zero-order valence-electron chi connectivity index (χ0n) is 12.4. The predicted octanol–water partition coefficient (Wildman–Crippen LogP) is 2.46. The van der Waals surface area contributed by atoms with Gasteiger partial charge in [-0.2, -0.15) is 0 Å². The normalized spacial score (nSPS) is 22.6. The van der Waals surface area contributed by atoms with Gasteiger partial charge in [0, 0.05) is 38.4 Å². The highest BCUT2D eigenvalue weighted by molar-refractivity contribution is 5.85. The Balaban J connectivity index is 0.00000147. The molecule has 0 saturated carbocycles. The summed E-state index contributed by atoms with van der Waals surface area (Å²) < 4.78 is 2.19. The second-order valence-corrected chi connectivity index (χ2v) is 5.99. The van der Waals surface area contributed by atoms with Gasteiger partial charge in [-0.1, -0.05) is 6.92 Å². The minimum Gasteiger partial charge on any atom is -0.361 e. The first-order chi connectivity index (χ1) is 9.10. The van der Waals surface area contributed by atoms with Crippen LogP contribution >= 0.6 is 12.4 Å². The third-order valence-electron chi connectivity index (χ3n) is 4.14. The number of anilines is 1. The van der Waals surface area contributed by atoms with E-state index in [1.165, 1.54) is 24.1 Å². The summed E-state index contributed by atoms with van der Waals surface area (Å²) in [5.74, 6) is 1.05. The highest BCUT2D eigenvalue weighted by Gasteiger charge is 2.31. The van der Waals surface area contributed by atoms with Crippen molar-refractivity contribution in [3.8, 4) is 0 Å². The Hall–Kier alpha value is -1.26. The van der Waals surface area contributed by atoms with E-state index < -0.39 is 0 Å². The molecule has 0 aliphatic carbocycles. The molecule has 1 unspecified atom stereocenters. The standard InChI is InChI=1S/C15H22N4.ClH/c1-15(7-5-8-16-11-15)13-10-19-9-4-6-12(19)14(17-13)18(2)3;/h4,6,9-10,16H,5,7-8,11H2,1-3H3;1H. The van der Waals surface area contributed by atoms with E-state index in [1.54, 1.807) is 0 Å². The summed E-state index contributed by atoms with van der Waals surface area (Å²) in [5.41, 5.74) is 2.50. The van der Waals surface area contributed by atoms with Crippen molar-refractivity contribution in [3.63, 3.8) is 0 Å². The molecule has 5 heteroatoms. The summed E-state index contributed by atoms with van der Waals surface area (Å²) in [6.45, 7) is 4.46. The number of rotatable bonds is 2. The lowest BCUT2D eigenvalue weighted by Crippen LogP contribution is -2.42. The van der Waals surface area contributed by atoms with Gasteiger partial charge in [0.1, 0.15) is 0 Å². The topological polar surface area (TPSA) is 32.6 Å². The molecule has 0 bridgehead atoms. The largest absolute Gasteiger partial charge is 0.361 e. The smallest absolute Gasteiger partial charge is 0.152 e. The second kappa shape index (κ2) is 5.62. The fourth-order valence-electron chi connectivity index (χ4n) is 2.92. The molecule has 1 aliphatic rings. The van der Waals surface area contributed by atoms with Gasteiger partial charge < -0.3 is 14.6 Å². The summed E-state index contributed by atoms with van der Waals surface area (Å²) in [5, 5.41) is 3.50. The first-order valence-electron chi connectivity index (χ1n) is 6.96. The van der Waals surface area contributed by atoms with Gasteiger partial charge in [-0.15, -0.1) is 12.4 Å². The number of hydrogen-bond acceptors (Lipinski definition) is 3. The van der Waals surface area contributed by atoms with E-state index in [2.05, 4.69) is 60.2 Å². The first kappa shape index (κ1) is 15.1. The molecular weight excluding hydrogens is 272 g/mol. The van der Waals surface area contributed by atoms with Crippen LogP contribution in [-0.2, 0) is 5.41 Å². The summed E-state index contributed by atoms with van der Waals surface area (Å²) in [4.78, 5) is 7.03. The highest BCUT2D eigenvalue weighted by atomic mass is 35.5. The number of nitrogens with one attached hydrogen (secondary N) is 1. The van der Waals surface area contributed by atoms with Crippen LogP contribution in [0.3, 0.4) is 0 Å². The molecule has 0 spiro atoms. The van der Waals surface area contributed by atoms with Gasteiger partial charge in [-0.3, -0.25) is 0 Å². The Morgan fingerprint density at radius 1 is 1.40 bits per heavy atom. The van der Waals surface area contributed by atoms with Gasteiger partial charge in [0.05, 0.1) is 11.2 Å². The lowest BCUT2D eigenvalue weighted by atomic mass is 9.80. The van der Waals surface area contributed by atoms with Crippen LogP contribution in [0.4, 0.5) is 5.82 Å². The average molecular weight is 295 g/mol. The minimum atomic E-state index is 0. The molecule has 3 heterocycles. The van der Waals surface area contributed by atoms with Crippen LogP contribution in [0.15, 0.2) is 24.5 Å². The summed E-state index contributed by atoms with van der Waals surface area (Å²) >= 11 is 0. The van der Waals surface area contributed by atoms with Crippen molar-refractivity contribution in [1.82, 2.24) is 14.7 Å². The van der Waals surface area contributed by atoms with Crippen molar-refractivity contribution in [2.75, 3.05) is 32.1 Å². The van der Waals surface area contributed by atoms with Crippen LogP contribution in [0.2, 0.25) is 0 Å². The van der Waals surface area contributed by atoms with E-state index in [-0.39, 0.29) is 17.8 Å². The van der Waals surface area contributed by atoms with Gasteiger partial charge in [-0.05, 0) is 31.5 Å². The maximum absolute atomic E-state index is 4.93. The molecule has 4 nitrogen and oxygen atoms in total. The number of piperidine rings is 1. The first-order valence-corrected chi connectivity index (χ1v) is 6.96. The lowest BCUT2D eigenvalue weighted by molar-refractivity contribution is 0.331. The zero-order valence-corrected chi connectivity index (χ0v) is 13.2. The second-order valence-electron chi connectivity index (χ2n) is 5.99. The molecule has 0 radical (unpaired) electrons. The van der Waals surface area contributed by atoms with Gasteiger partial charge >= 0.3 is 0 Å². The Morgan fingerprint density at radius 3 is 2.85 bits per heavy atom. The SMILES string of the molecule is CN(C)c1nc(C2(C)CCCNC2)cn2cccc12.Cl. The third kappa shape index (κ3) is 2.50. The third-order valence-corrected chi connectivity index (χ3v) is 4.14. The quantitative estimate of drug-likeness (QED) is 0.923. The van der Waals surface area contributed by atoms with Crippen LogP contribution in [0.5, 0.6) is 0 Å². The molecule has 3 rings (SSSR count). The highest BCUT2D eigenvalue weighted by Crippen LogP contribution is 2.31. The van der Waals surface area contributed by atoms with Crippen LogP contribution in [0.25, 0.3) is 5.52 Å². The molecular formula is C15H23ClN4. The molecule has 1 saturated heterocycles. The van der Waals surface area contributed by atoms with Gasteiger partial charge in [0.2, 0.25) is 0 Å². The van der Waals surface area contributed by atoms with Crippen molar-refractivity contribution in [3.05, 3.63) is 30.2 Å². The number of nitrogens with zero attached hydrogens (tertiary/aromatic N) is 3. The number of hydrogen-bond donors (Lipinski definition) is 1. The van der Waals surface area contributed by atoms with Gasteiger partial charge in [-0.25, -0.2) is 4.98 Å². The monoisotopic (exact) mass is 294 g/mol. The molecule has 110 valence electrons. The van der Waals surface area contributed by atoms with Crippen LogP contribution in [-0.4, -0.2) is 36.6 Å². The van der Waals surface area contributed by atoms with Crippen LogP contribution in [0.1, 0.15) is 25.5 Å². The number of halogens is 1.